The van der Waals surface area contributed by atoms with Gasteiger partial charge in [-0.3, -0.25) is 0 Å². The maximum atomic E-state index is 12.3. The number of likely N-dealkylation sites (tertiary alicyclic amines) is 1. The molecule has 20 heavy (non-hydrogen) atoms. The molecule has 2 atom stereocenters. The second-order valence-corrected chi connectivity index (χ2v) is 5.71. The fourth-order valence-electron chi connectivity index (χ4n) is 2.95. The van der Waals surface area contributed by atoms with E-state index in [-0.39, 0.29) is 6.04 Å². The smallest absolute Gasteiger partial charge is 0.305 e. The zero-order valence-corrected chi connectivity index (χ0v) is 11.7. The molecule has 2 nitrogen and oxygen atoms in total. The highest BCUT2D eigenvalue weighted by molar-refractivity contribution is 5.15. The molecule has 0 radical (unpaired) electrons. The summed E-state index contributed by atoms with van der Waals surface area (Å²) in [5.41, 5.74) is 1.25. The second kappa shape index (κ2) is 6.59. The van der Waals surface area contributed by atoms with E-state index in [1.165, 1.54) is 5.56 Å². The normalized spacial score (nSPS) is 24.8. The lowest BCUT2D eigenvalue weighted by Gasteiger charge is -2.36. The van der Waals surface area contributed by atoms with Gasteiger partial charge in [0.15, 0.2) is 0 Å². The Bertz CT molecular complexity index is 405. The van der Waals surface area contributed by atoms with Crippen LogP contribution in [0.4, 0.5) is 13.2 Å². The van der Waals surface area contributed by atoms with E-state index in [0.717, 1.165) is 19.4 Å². The Balaban J connectivity index is 1.88. The van der Waals surface area contributed by atoms with E-state index in [9.17, 15) is 13.2 Å². The summed E-state index contributed by atoms with van der Waals surface area (Å²) >= 11 is 0. The van der Waals surface area contributed by atoms with E-state index in [1.807, 2.05) is 25.2 Å². The van der Waals surface area contributed by atoms with Crippen LogP contribution < -0.4 is 5.32 Å². The van der Waals surface area contributed by atoms with Crippen molar-refractivity contribution < 1.29 is 13.2 Å². The van der Waals surface area contributed by atoms with Crippen molar-refractivity contribution in [2.75, 3.05) is 26.7 Å². The summed E-state index contributed by atoms with van der Waals surface area (Å²) in [6.45, 7) is 0.726. The minimum atomic E-state index is -4.13. The number of hydrogen-bond acceptors (Lipinski definition) is 2. The fourth-order valence-corrected chi connectivity index (χ4v) is 2.95. The topological polar surface area (TPSA) is 15.3 Å². The molecule has 0 bridgehead atoms. The fraction of sp³-hybridized carbons (Fsp3) is 0.600. The molecular weight excluding hydrogens is 265 g/mol. The summed E-state index contributed by atoms with van der Waals surface area (Å²) in [4.78, 5) is 2.12. The minimum absolute atomic E-state index is 0.0795. The number of piperidine rings is 1. The molecule has 0 amide bonds. The largest absolute Gasteiger partial charge is 0.401 e. The van der Waals surface area contributed by atoms with Crippen LogP contribution in [0.15, 0.2) is 30.3 Å². The zero-order valence-electron chi connectivity index (χ0n) is 11.7. The highest BCUT2D eigenvalue weighted by atomic mass is 19.4. The molecule has 0 saturated carbocycles. The summed E-state index contributed by atoms with van der Waals surface area (Å²) in [5, 5.41) is 2.64. The molecule has 2 unspecified atom stereocenters. The molecule has 1 aliphatic heterocycles. The molecular formula is C15H21F3N2. The molecule has 5 heteroatoms. The third kappa shape index (κ3) is 5.13. The van der Waals surface area contributed by atoms with Gasteiger partial charge in [0, 0.05) is 19.1 Å². The molecule has 1 heterocycles. The third-order valence-electron chi connectivity index (χ3n) is 3.68. The Morgan fingerprint density at radius 2 is 1.90 bits per heavy atom. The molecule has 112 valence electrons. The van der Waals surface area contributed by atoms with Crippen molar-refractivity contribution in [3.8, 4) is 0 Å². The van der Waals surface area contributed by atoms with Crippen molar-refractivity contribution >= 4 is 0 Å². The van der Waals surface area contributed by atoms with E-state index in [4.69, 9.17) is 0 Å². The first-order chi connectivity index (χ1) is 9.42. The van der Waals surface area contributed by atoms with Crippen LogP contribution in [0.1, 0.15) is 12.0 Å². The van der Waals surface area contributed by atoms with E-state index < -0.39 is 12.7 Å². The molecule has 1 saturated heterocycles. The quantitative estimate of drug-likeness (QED) is 0.915. The van der Waals surface area contributed by atoms with E-state index >= 15 is 0 Å². The lowest BCUT2D eigenvalue weighted by Crippen LogP contribution is -2.50. The molecule has 1 fully saturated rings. The lowest BCUT2D eigenvalue weighted by atomic mass is 9.89. The lowest BCUT2D eigenvalue weighted by molar-refractivity contribution is -0.127. The van der Waals surface area contributed by atoms with Gasteiger partial charge in [-0.15, -0.1) is 0 Å². The van der Waals surface area contributed by atoms with Crippen molar-refractivity contribution in [1.82, 2.24) is 10.2 Å². The Kier molecular flexibility index (Phi) is 5.05. The summed E-state index contributed by atoms with van der Waals surface area (Å²) in [6, 6.07) is 10.1. The minimum Gasteiger partial charge on any atom is -0.305 e. The number of nitrogens with zero attached hydrogens (tertiary/aromatic N) is 1. The molecule has 1 aromatic rings. The van der Waals surface area contributed by atoms with Crippen molar-refractivity contribution in [2.45, 2.75) is 25.1 Å². The van der Waals surface area contributed by atoms with Gasteiger partial charge in [0.2, 0.25) is 0 Å². The Morgan fingerprint density at radius 3 is 2.55 bits per heavy atom. The van der Waals surface area contributed by atoms with Gasteiger partial charge in [0.05, 0.1) is 6.54 Å². The van der Waals surface area contributed by atoms with Crippen LogP contribution in [0.25, 0.3) is 0 Å². The van der Waals surface area contributed by atoms with E-state index in [1.54, 1.807) is 0 Å². The third-order valence-corrected chi connectivity index (χ3v) is 3.68. The maximum Gasteiger partial charge on any atom is 0.401 e. The van der Waals surface area contributed by atoms with Gasteiger partial charge in [0.1, 0.15) is 0 Å². The van der Waals surface area contributed by atoms with Crippen LogP contribution in [0.5, 0.6) is 0 Å². The first-order valence-corrected chi connectivity index (χ1v) is 6.95. The summed E-state index contributed by atoms with van der Waals surface area (Å²) < 4.78 is 36.8. The number of halogens is 3. The molecule has 0 aliphatic carbocycles. The number of benzene rings is 1. The zero-order chi connectivity index (χ0) is 14.6. The summed E-state index contributed by atoms with van der Waals surface area (Å²) in [7, 11) is 1.97. The maximum absolute atomic E-state index is 12.3. The van der Waals surface area contributed by atoms with Crippen LogP contribution in [0, 0.1) is 5.92 Å². The van der Waals surface area contributed by atoms with Gasteiger partial charge in [-0.1, -0.05) is 30.3 Å². The Hall–Kier alpha value is -1.07. The molecule has 1 aliphatic rings. The molecule has 0 spiro atoms. The van der Waals surface area contributed by atoms with E-state index in [0.29, 0.717) is 12.5 Å². The molecule has 2 rings (SSSR count). The number of likely N-dealkylation sites (N-methyl/N-ethyl adjacent to an activating group) is 1. The van der Waals surface area contributed by atoms with Crippen LogP contribution in [0.3, 0.4) is 0 Å². The first-order valence-electron chi connectivity index (χ1n) is 6.95. The van der Waals surface area contributed by atoms with E-state index in [2.05, 4.69) is 22.3 Å². The molecule has 1 aromatic carbocycles. The van der Waals surface area contributed by atoms with Crippen molar-refractivity contribution in [1.29, 1.82) is 0 Å². The Morgan fingerprint density at radius 1 is 1.20 bits per heavy atom. The molecule has 0 aromatic heterocycles. The van der Waals surface area contributed by atoms with Crippen molar-refractivity contribution in [3.05, 3.63) is 35.9 Å². The van der Waals surface area contributed by atoms with Gasteiger partial charge in [-0.25, -0.2) is 0 Å². The summed E-state index contributed by atoms with van der Waals surface area (Å²) in [5.74, 6) is 0.405. The number of alkyl halides is 3. The van der Waals surface area contributed by atoms with Crippen molar-refractivity contribution in [2.24, 2.45) is 5.92 Å². The molecule has 1 N–H and O–H groups in total. The van der Waals surface area contributed by atoms with Gasteiger partial charge in [-0.05, 0) is 31.4 Å². The van der Waals surface area contributed by atoms with Crippen LogP contribution in [-0.2, 0) is 6.42 Å². The van der Waals surface area contributed by atoms with Gasteiger partial charge in [0.25, 0.3) is 0 Å². The predicted octanol–water partition coefficient (Wildman–Crippen LogP) is 2.70. The SMILES string of the molecule is CN1CC(Cc2ccccc2)CC(NCC(F)(F)F)C1. The van der Waals surface area contributed by atoms with Crippen LogP contribution in [-0.4, -0.2) is 43.8 Å². The standard InChI is InChI=1S/C15H21F3N2/c1-20-9-13(7-12-5-3-2-4-6-12)8-14(10-20)19-11-15(16,17)18/h2-6,13-14,19H,7-11H2,1H3. The van der Waals surface area contributed by atoms with Gasteiger partial charge >= 0.3 is 6.18 Å². The van der Waals surface area contributed by atoms with Crippen molar-refractivity contribution in [3.63, 3.8) is 0 Å². The highest BCUT2D eigenvalue weighted by Gasteiger charge is 2.31. The first kappa shape index (κ1) is 15.3. The second-order valence-electron chi connectivity index (χ2n) is 5.71. The van der Waals surface area contributed by atoms with Gasteiger partial charge < -0.3 is 10.2 Å². The Labute approximate surface area is 118 Å². The number of rotatable bonds is 4. The average molecular weight is 286 g/mol. The average Bonchev–Trinajstić information content (AvgIpc) is 2.36. The summed E-state index contributed by atoms with van der Waals surface area (Å²) in [6.07, 6.45) is -2.41. The highest BCUT2D eigenvalue weighted by Crippen LogP contribution is 2.21. The predicted molar refractivity (Wildman–Crippen MR) is 73.6 cm³/mol. The van der Waals surface area contributed by atoms with Gasteiger partial charge in [-0.2, -0.15) is 13.2 Å². The van der Waals surface area contributed by atoms with Crippen LogP contribution >= 0.6 is 0 Å². The number of nitrogens with one attached hydrogen (secondary N) is 1. The monoisotopic (exact) mass is 286 g/mol. The van der Waals surface area contributed by atoms with Crippen LogP contribution in [0.2, 0.25) is 0 Å². The number of hydrogen-bond donors (Lipinski definition) is 1.